The lowest BCUT2D eigenvalue weighted by molar-refractivity contribution is -0.115. The van der Waals surface area contributed by atoms with E-state index in [9.17, 15) is 47.9 Å². The topological polar surface area (TPSA) is 650 Å². The molecule has 5 aromatic carbocycles. The minimum Gasteiger partial charge on any atom is -0.436 e. The third kappa shape index (κ3) is 26.1. The van der Waals surface area contributed by atoms with Crippen LogP contribution in [0, 0.1) is 11.3 Å². The number of carbonyl (C=O) groups is 6. The largest absolute Gasteiger partial charge is 0.436 e. The van der Waals surface area contributed by atoms with Crippen molar-refractivity contribution in [3.63, 3.8) is 0 Å². The van der Waals surface area contributed by atoms with Gasteiger partial charge in [0.05, 0.1) is 107 Å². The van der Waals surface area contributed by atoms with Crippen molar-refractivity contribution in [1.82, 2.24) is 67.4 Å². The number of H-pyrrole nitrogens is 4. The normalized spacial score (nSPS) is 15.9. The maximum Gasteiger partial charge on any atom is 0.347 e. The Morgan fingerprint density at radius 1 is 0.377 bits per heavy atom. The summed E-state index contributed by atoms with van der Waals surface area (Å²) < 4.78 is 28.3. The molecule has 764 valence electrons. The summed E-state index contributed by atoms with van der Waals surface area (Å²) in [6.07, 6.45) is 10.5. The second-order valence-corrected chi connectivity index (χ2v) is 36.6. The zero-order chi connectivity index (χ0) is 107. The van der Waals surface area contributed by atoms with Crippen LogP contribution in [-0.2, 0) is 4.79 Å². The highest BCUT2D eigenvalue weighted by Gasteiger charge is 2.34. The molecular formula is C91H90Cl10N30O15. The molecule has 0 bridgehead atoms. The van der Waals surface area contributed by atoms with Gasteiger partial charge in [0.25, 0.3) is 22.2 Å². The molecular weight excluding hydrogens is 2110 g/mol. The maximum atomic E-state index is 12.2. The molecule has 9 aromatic rings. The first kappa shape index (κ1) is 110. The zero-order valence-corrected chi connectivity index (χ0v) is 85.3. The van der Waals surface area contributed by atoms with E-state index >= 15 is 0 Å². The number of nitrogens with zero attached hydrogens (tertiary/aromatic N) is 14. The Labute approximate surface area is 879 Å². The second kappa shape index (κ2) is 47.6. The van der Waals surface area contributed by atoms with E-state index in [1.807, 2.05) is 41.5 Å². The summed E-state index contributed by atoms with van der Waals surface area (Å²) in [4.78, 5) is 120. The highest BCUT2D eigenvalue weighted by atomic mass is 35.5. The van der Waals surface area contributed by atoms with Gasteiger partial charge in [-0.15, -0.1) is 45.9 Å². The fourth-order valence-electron chi connectivity index (χ4n) is 13.9. The summed E-state index contributed by atoms with van der Waals surface area (Å²) in [5.74, 6) is 0.561. The summed E-state index contributed by atoms with van der Waals surface area (Å²) in [5.41, 5.74) is 37.8. The predicted octanol–water partition coefficient (Wildman–Crippen LogP) is 17.8. The average Bonchev–Trinajstić information content (AvgIpc) is 1.17. The van der Waals surface area contributed by atoms with Gasteiger partial charge in [-0.1, -0.05) is 210 Å². The van der Waals surface area contributed by atoms with E-state index in [0.717, 1.165) is 82.8 Å². The van der Waals surface area contributed by atoms with Gasteiger partial charge in [0, 0.05) is 58.2 Å². The van der Waals surface area contributed by atoms with Crippen LogP contribution >= 0.6 is 116 Å². The number of hydrogen-bond acceptors (Lipinski definition) is 30. The van der Waals surface area contributed by atoms with Gasteiger partial charge in [-0.05, 0) is 135 Å². The molecule has 0 saturated heterocycles. The molecule has 2 saturated carbocycles. The van der Waals surface area contributed by atoms with Crippen LogP contribution in [0.5, 0.6) is 52.3 Å². The van der Waals surface area contributed by atoms with Crippen LogP contribution in [0.3, 0.4) is 0 Å². The molecule has 146 heavy (non-hydrogen) atoms. The molecule has 16 rings (SSSR count). The van der Waals surface area contributed by atoms with Crippen molar-refractivity contribution in [2.24, 2.45) is 65.8 Å². The smallest absolute Gasteiger partial charge is 0.347 e. The van der Waals surface area contributed by atoms with Gasteiger partial charge in [0.2, 0.25) is 35.3 Å². The van der Waals surface area contributed by atoms with Crippen LogP contribution in [0.1, 0.15) is 152 Å². The lowest BCUT2D eigenvalue weighted by atomic mass is 9.81. The van der Waals surface area contributed by atoms with Gasteiger partial charge in [0.15, 0.2) is 57.9 Å². The molecule has 9 heterocycles. The summed E-state index contributed by atoms with van der Waals surface area (Å²) >= 11 is 63.0. The molecule has 2 aliphatic carbocycles. The third-order valence-corrected chi connectivity index (χ3v) is 25.4. The number of halogens is 10. The number of amidine groups is 5. The summed E-state index contributed by atoms with van der Waals surface area (Å²) in [6.45, 7) is 29.4. The Morgan fingerprint density at radius 3 is 0.836 bits per heavy atom. The maximum absolute atomic E-state index is 12.2. The van der Waals surface area contributed by atoms with E-state index in [-0.39, 0.29) is 252 Å². The van der Waals surface area contributed by atoms with Crippen molar-refractivity contribution in [3.05, 3.63) is 272 Å². The van der Waals surface area contributed by atoms with Gasteiger partial charge < -0.3 is 84.7 Å². The molecule has 3 atom stereocenters. The van der Waals surface area contributed by atoms with Gasteiger partial charge in [-0.3, -0.25) is 29.4 Å². The standard InChI is InChI=1S/C19H18Cl2N6O3.C18H16Cl2N6O3.2C18H18Cl2N6O3.C18H20Cl2N6O3/c1-9-17(22)26-27(19(29)23-9)11-6-13(20)16(14(21)7-11)30-15-8-12(18(28)25-24-15)10-4-2-3-5-10;1-8-16(21)25-26(18(28)22-8)10-5-12(19)15(13(20)6-10)29-14-7-11(9-3-2-4-9)17(27)24-23-14;2*1-4-8(2)11-7-14(23-24-17(11)27)29-15-12(19)5-10(6-13(15)20)26-18(28)22-9(3)16(21)25-26;1-4-8(2)11(17(23)27)7-14(21)29-15-12(19)5-10(6-13(15)20)26-18(28)24-9(3)16(22)25-26/h6-8,10H,1-5H2,(H2,22,26)(H,23,29)(H,25,28);5-7,9H,1-4H2,(H2,21,25)(H,22,28)(H,24,27);2*5-8H,3-4H2,1-2H3,(H2,21,25)(H,22,28)(H,24,27);5-8,21H,3-4H2,1-2H3,(H2,22,25)(H2,23,27)(H,24,28)/b;;;;11-7-,21-14?/t;;8-;;8-/m..1.0/s1. The van der Waals surface area contributed by atoms with Crippen LogP contribution in [0.2, 0.25) is 50.2 Å². The number of hydrogen-bond donors (Lipinski definition) is 16. The predicted molar refractivity (Wildman–Crippen MR) is 561 cm³/mol. The third-order valence-electron chi connectivity index (χ3n) is 22.6. The number of hydrazone groups is 5. The first-order valence-corrected chi connectivity index (χ1v) is 47.5. The van der Waals surface area contributed by atoms with Crippen molar-refractivity contribution < 1.29 is 52.5 Å². The fourth-order valence-corrected chi connectivity index (χ4v) is 16.7. The SMILES string of the molecule is C=C1NC(=O)N(c2cc(Cl)c(OC(=N)/C=C(\C(N)=O)[C@@H](C)CC)c(Cl)c2)N=C1N.C=C1NC(=O)N(c2cc(Cl)c(Oc3cc(C(C)CC)c(=O)[nH]n3)c(Cl)c2)N=C1N.C=C1NC(=O)N(c2cc(Cl)c(Oc3cc(C4CCC4)c(=O)[nH]n3)c(Cl)c2)N=C1N.C=C1NC(=O)N(c2cc(Cl)c(Oc3cc(C4CCCC4)c(=O)[nH]n3)c(Cl)c2)N=C1N.C=C1NC(=O)N(c2cc(Cl)c(Oc3cc([C@H](C)CC)c(=O)[nH]n3)c(Cl)c2)N=C1N. The molecule has 4 aromatic heterocycles. The van der Waals surface area contributed by atoms with Crippen molar-refractivity contribution in [2.45, 2.75) is 129 Å². The number of nitrogens with two attached hydrogens (primary N) is 6. The molecule has 0 radical (unpaired) electrons. The van der Waals surface area contributed by atoms with Crippen molar-refractivity contribution in [3.8, 4) is 52.3 Å². The number of nitrogens with one attached hydrogen (secondary N) is 10. The molecule has 45 nitrogen and oxygen atoms in total. The minimum absolute atomic E-state index is 0.0146. The van der Waals surface area contributed by atoms with Crippen LogP contribution in [-0.4, -0.2) is 112 Å². The molecule has 5 aliphatic heterocycles. The Kier molecular flexibility index (Phi) is 35.7. The van der Waals surface area contributed by atoms with E-state index in [2.05, 4.69) is 126 Å². The number of urea groups is 5. The molecule has 55 heteroatoms. The van der Waals surface area contributed by atoms with Gasteiger partial charge in [0.1, 0.15) is 0 Å². The van der Waals surface area contributed by atoms with E-state index < -0.39 is 36.1 Å². The zero-order valence-electron chi connectivity index (χ0n) is 77.8. The number of amides is 11. The molecule has 22 N–H and O–H groups in total. The monoisotopic (exact) mass is 2190 g/mol. The summed E-state index contributed by atoms with van der Waals surface area (Å²) in [5, 5.41) is 71.4. The number of aromatic nitrogens is 8. The van der Waals surface area contributed by atoms with Crippen LogP contribution in [0.4, 0.5) is 52.4 Å². The Bertz CT molecular complexity index is 6800. The fraction of sp³-hybridized carbons (Fsp3) is 0.231. The van der Waals surface area contributed by atoms with Crippen LogP contribution in [0.25, 0.3) is 0 Å². The number of rotatable bonds is 24. The second-order valence-electron chi connectivity index (χ2n) is 32.6. The number of aromatic amines is 4. The van der Waals surface area contributed by atoms with Gasteiger partial charge >= 0.3 is 30.2 Å². The van der Waals surface area contributed by atoms with Gasteiger partial charge in [-0.2, -0.15) is 25.0 Å². The average molecular weight is 2200 g/mol. The minimum atomic E-state index is -0.645. The number of primary amides is 1. The number of benzene rings is 5. The van der Waals surface area contributed by atoms with Crippen molar-refractivity contribution in [2.75, 3.05) is 25.0 Å². The molecule has 7 aliphatic rings. The molecule has 1 unspecified atom stereocenters. The van der Waals surface area contributed by atoms with E-state index in [1.54, 1.807) is 24.3 Å². The molecule has 2 fully saturated rings. The number of carbonyl (C=O) groups excluding carboxylic acids is 6. The van der Waals surface area contributed by atoms with E-state index in [1.165, 1.54) is 66.7 Å². The lowest BCUT2D eigenvalue weighted by Crippen LogP contribution is -2.45. The quantitative estimate of drug-likeness (QED) is 0.0152. The van der Waals surface area contributed by atoms with E-state index in [4.69, 9.17) is 180 Å². The Morgan fingerprint density at radius 2 is 0.610 bits per heavy atom. The van der Waals surface area contributed by atoms with Crippen LogP contribution in [0.15, 0.2) is 203 Å². The number of ether oxygens (including phenoxy) is 5. The van der Waals surface area contributed by atoms with E-state index in [0.29, 0.717) is 28.7 Å². The van der Waals surface area contributed by atoms with Crippen LogP contribution < -0.4 is 132 Å². The lowest BCUT2D eigenvalue weighted by Gasteiger charge is -2.25. The summed E-state index contributed by atoms with van der Waals surface area (Å²) in [7, 11) is 0. The Balaban J connectivity index is 0.000000162. The first-order valence-electron chi connectivity index (χ1n) is 43.7. The molecule has 0 spiro atoms. The van der Waals surface area contributed by atoms with Gasteiger partial charge in [-0.25, -0.2) is 44.4 Å². The molecule has 11 amide bonds. The summed E-state index contributed by atoms with van der Waals surface area (Å²) in [6, 6.07) is 17.8. The van der Waals surface area contributed by atoms with Crippen molar-refractivity contribution >= 4 is 216 Å². The first-order chi connectivity index (χ1) is 69.1. The Hall–Kier alpha value is -15.2. The highest BCUT2D eigenvalue weighted by Crippen LogP contribution is 2.47. The van der Waals surface area contributed by atoms with Crippen molar-refractivity contribution in [1.29, 1.82) is 5.41 Å². The highest BCUT2D eigenvalue weighted by molar-refractivity contribution is 6.41. The number of anilines is 5.